The van der Waals surface area contributed by atoms with Gasteiger partial charge in [0.25, 0.3) is 11.1 Å². The Hall–Kier alpha value is -3.55. The molecule has 3 heterocycles. The standard InChI is InChI=1S/C29H28ClF3N4O5S/c1-28(2,3)42-26(40)35-9-8-22(23(38)15-35)37-25(39)24(43-27(37)41)11-16-4-7-21-18(10-16)13-34-36(21)14-17-5-6-19(30)12-20(17)29(31,32)33/h4-7,10-13,22-23,38H,8-9,14-15H2,1-3H3/b24-11-. The van der Waals surface area contributed by atoms with Crippen LogP contribution in [0.1, 0.15) is 43.9 Å². The number of hydrogen-bond acceptors (Lipinski definition) is 7. The zero-order valence-corrected chi connectivity index (χ0v) is 25.0. The van der Waals surface area contributed by atoms with Gasteiger partial charge in [-0.1, -0.05) is 23.7 Å². The van der Waals surface area contributed by atoms with Crippen molar-refractivity contribution < 1.29 is 37.4 Å². The van der Waals surface area contributed by atoms with E-state index in [0.717, 1.165) is 22.7 Å². The number of fused-ring (bicyclic) bond motifs is 1. The summed E-state index contributed by atoms with van der Waals surface area (Å²) in [5.74, 6) is -0.553. The van der Waals surface area contributed by atoms with Gasteiger partial charge in [-0.05, 0) is 80.4 Å². The number of alkyl halides is 3. The Morgan fingerprint density at radius 2 is 1.93 bits per heavy atom. The van der Waals surface area contributed by atoms with Gasteiger partial charge in [0.1, 0.15) is 5.60 Å². The van der Waals surface area contributed by atoms with E-state index < -0.39 is 46.7 Å². The summed E-state index contributed by atoms with van der Waals surface area (Å²) in [5, 5.41) is 15.1. The summed E-state index contributed by atoms with van der Waals surface area (Å²) in [7, 11) is 0. The number of β-amino-alcohol motifs (C(OH)–C–C–N with tert-alkyl or cyclic N) is 1. The maximum atomic E-state index is 13.6. The number of aliphatic hydroxyl groups excluding tert-OH is 1. The number of thioether (sulfide) groups is 1. The third-order valence-corrected chi connectivity index (χ3v) is 8.13. The maximum Gasteiger partial charge on any atom is 0.416 e. The molecule has 228 valence electrons. The summed E-state index contributed by atoms with van der Waals surface area (Å²) >= 11 is 6.54. The Morgan fingerprint density at radius 1 is 1.19 bits per heavy atom. The minimum absolute atomic E-state index is 0.0127. The maximum absolute atomic E-state index is 13.6. The Bertz CT molecular complexity index is 1630. The average molecular weight is 637 g/mol. The van der Waals surface area contributed by atoms with Crippen LogP contribution in [0.2, 0.25) is 5.02 Å². The number of ether oxygens (including phenoxy) is 1. The molecule has 2 saturated heterocycles. The number of rotatable bonds is 4. The highest BCUT2D eigenvalue weighted by Crippen LogP contribution is 2.37. The summed E-state index contributed by atoms with van der Waals surface area (Å²) in [6.45, 7) is 5.19. The largest absolute Gasteiger partial charge is 0.444 e. The van der Waals surface area contributed by atoms with Crippen molar-refractivity contribution in [2.75, 3.05) is 13.1 Å². The summed E-state index contributed by atoms with van der Waals surface area (Å²) in [6.07, 6.45) is -3.05. The van der Waals surface area contributed by atoms with Crippen LogP contribution in [0, 0.1) is 0 Å². The molecular formula is C29H28ClF3N4O5S. The molecule has 0 spiro atoms. The first kappa shape index (κ1) is 30.9. The molecule has 3 amide bonds. The second kappa shape index (κ2) is 11.5. The number of amides is 3. The Labute approximate surface area is 254 Å². The lowest BCUT2D eigenvalue weighted by atomic mass is 10.0. The van der Waals surface area contributed by atoms with Crippen LogP contribution in [0.3, 0.4) is 0 Å². The van der Waals surface area contributed by atoms with Crippen LogP contribution in [0.4, 0.5) is 22.8 Å². The van der Waals surface area contributed by atoms with Crippen LogP contribution in [-0.2, 0) is 22.3 Å². The number of aliphatic hydroxyl groups is 1. The van der Waals surface area contributed by atoms with Gasteiger partial charge in [-0.15, -0.1) is 0 Å². The van der Waals surface area contributed by atoms with Crippen LogP contribution >= 0.6 is 23.4 Å². The highest BCUT2D eigenvalue weighted by molar-refractivity contribution is 8.18. The predicted octanol–water partition coefficient (Wildman–Crippen LogP) is 6.16. The highest BCUT2D eigenvalue weighted by Gasteiger charge is 2.45. The van der Waals surface area contributed by atoms with Gasteiger partial charge in [-0.25, -0.2) is 4.79 Å². The fraction of sp³-hybridized carbons (Fsp3) is 0.379. The van der Waals surface area contributed by atoms with Crippen LogP contribution in [0.5, 0.6) is 0 Å². The first-order valence-electron chi connectivity index (χ1n) is 13.3. The monoisotopic (exact) mass is 636 g/mol. The minimum atomic E-state index is -4.58. The number of piperidine rings is 1. The van der Waals surface area contributed by atoms with Gasteiger partial charge in [-0.3, -0.25) is 19.2 Å². The van der Waals surface area contributed by atoms with Gasteiger partial charge in [0.15, 0.2) is 0 Å². The Balaban J connectivity index is 1.31. The number of carbonyl (C=O) groups is 3. The Morgan fingerprint density at radius 3 is 2.60 bits per heavy atom. The first-order valence-corrected chi connectivity index (χ1v) is 14.5. The fourth-order valence-electron chi connectivity index (χ4n) is 5.06. The van der Waals surface area contributed by atoms with E-state index in [2.05, 4.69) is 5.10 Å². The lowest BCUT2D eigenvalue weighted by molar-refractivity contribution is -0.138. The number of imide groups is 1. The predicted molar refractivity (Wildman–Crippen MR) is 155 cm³/mol. The third-order valence-electron chi connectivity index (χ3n) is 7.01. The zero-order chi connectivity index (χ0) is 31.3. The molecule has 0 bridgehead atoms. The van der Waals surface area contributed by atoms with Crippen molar-refractivity contribution in [3.05, 3.63) is 69.2 Å². The van der Waals surface area contributed by atoms with Crippen LogP contribution < -0.4 is 0 Å². The molecule has 2 fully saturated rings. The van der Waals surface area contributed by atoms with Crippen molar-refractivity contribution in [2.24, 2.45) is 0 Å². The molecule has 1 N–H and O–H groups in total. The molecule has 3 aromatic rings. The fourth-order valence-corrected chi connectivity index (χ4v) is 6.12. The SMILES string of the molecule is CC(C)(C)OC(=O)N1CCC(N2C(=O)S/C(=C\c3ccc4c(cnn4Cc4ccc(Cl)cc4C(F)(F)F)c3)C2=O)C(O)C1. The molecule has 1 aromatic heterocycles. The van der Waals surface area contributed by atoms with Gasteiger partial charge >= 0.3 is 12.3 Å². The van der Waals surface area contributed by atoms with Gasteiger partial charge in [0.2, 0.25) is 0 Å². The molecule has 43 heavy (non-hydrogen) atoms. The van der Waals surface area contributed by atoms with Gasteiger partial charge in [0.05, 0.1) is 47.4 Å². The molecule has 9 nitrogen and oxygen atoms in total. The molecule has 2 unspecified atom stereocenters. The summed E-state index contributed by atoms with van der Waals surface area (Å²) < 4.78 is 47.5. The molecule has 2 aliphatic rings. The lowest BCUT2D eigenvalue weighted by Gasteiger charge is -2.39. The van der Waals surface area contributed by atoms with E-state index in [1.165, 1.54) is 27.9 Å². The van der Waals surface area contributed by atoms with Gasteiger partial charge in [-0.2, -0.15) is 18.3 Å². The normalized spacial score (nSPS) is 20.9. The number of likely N-dealkylation sites (tertiary alicyclic amines) is 1. The van der Waals surface area contributed by atoms with Gasteiger partial charge < -0.3 is 14.7 Å². The average Bonchev–Trinajstić information content (AvgIpc) is 3.42. The number of halogens is 4. The minimum Gasteiger partial charge on any atom is -0.444 e. The first-order chi connectivity index (χ1) is 20.1. The summed E-state index contributed by atoms with van der Waals surface area (Å²) in [5.41, 5.74) is -0.366. The topological polar surface area (TPSA) is 105 Å². The van der Waals surface area contributed by atoms with Crippen LogP contribution in [-0.4, -0.2) is 72.8 Å². The molecule has 2 aromatic carbocycles. The molecule has 0 saturated carbocycles. The van der Waals surface area contributed by atoms with Gasteiger partial charge in [0, 0.05) is 17.0 Å². The van der Waals surface area contributed by atoms with E-state index in [1.54, 1.807) is 45.0 Å². The van der Waals surface area contributed by atoms with Crippen LogP contribution in [0.25, 0.3) is 17.0 Å². The van der Waals surface area contributed by atoms with Crippen molar-refractivity contribution in [1.29, 1.82) is 0 Å². The molecule has 2 aliphatic heterocycles. The molecule has 0 radical (unpaired) electrons. The van der Waals surface area contributed by atoms with Crippen molar-refractivity contribution in [2.45, 2.75) is 57.7 Å². The molecule has 14 heteroatoms. The summed E-state index contributed by atoms with van der Waals surface area (Å²) in [4.78, 5) is 41.1. The number of nitrogens with zero attached hydrogens (tertiary/aromatic N) is 4. The van der Waals surface area contributed by atoms with E-state index in [9.17, 15) is 32.7 Å². The van der Waals surface area contributed by atoms with E-state index in [-0.39, 0.29) is 41.5 Å². The highest BCUT2D eigenvalue weighted by atomic mass is 35.5. The second-order valence-electron chi connectivity index (χ2n) is 11.3. The van der Waals surface area contributed by atoms with Crippen LogP contribution in [0.15, 0.2) is 47.5 Å². The number of hydrogen-bond donors (Lipinski definition) is 1. The van der Waals surface area contributed by atoms with E-state index in [4.69, 9.17) is 16.3 Å². The van der Waals surface area contributed by atoms with Crippen molar-refractivity contribution in [1.82, 2.24) is 19.6 Å². The Kier molecular flexibility index (Phi) is 8.27. The third kappa shape index (κ3) is 6.68. The lowest BCUT2D eigenvalue weighted by Crippen LogP contribution is -2.57. The number of carbonyl (C=O) groups excluding carboxylic acids is 3. The molecule has 5 rings (SSSR count). The van der Waals surface area contributed by atoms with Crippen molar-refractivity contribution in [3.8, 4) is 0 Å². The summed E-state index contributed by atoms with van der Waals surface area (Å²) in [6, 6.07) is 7.87. The zero-order valence-electron chi connectivity index (χ0n) is 23.4. The molecular weight excluding hydrogens is 609 g/mol. The van der Waals surface area contributed by atoms with E-state index in [0.29, 0.717) is 16.5 Å². The second-order valence-corrected chi connectivity index (χ2v) is 12.8. The van der Waals surface area contributed by atoms with Crippen molar-refractivity contribution >= 4 is 57.6 Å². The van der Waals surface area contributed by atoms with E-state index >= 15 is 0 Å². The molecule has 2 atom stereocenters. The smallest absolute Gasteiger partial charge is 0.416 e. The molecule has 0 aliphatic carbocycles. The number of aromatic nitrogens is 2. The van der Waals surface area contributed by atoms with E-state index in [1.807, 2.05) is 0 Å². The van der Waals surface area contributed by atoms with Crippen molar-refractivity contribution in [3.63, 3.8) is 0 Å². The quantitative estimate of drug-likeness (QED) is 0.342. The number of benzene rings is 2.